The van der Waals surface area contributed by atoms with E-state index in [1.807, 2.05) is 0 Å². The lowest BCUT2D eigenvalue weighted by molar-refractivity contribution is 0.602. The fourth-order valence-corrected chi connectivity index (χ4v) is 1.47. The molecule has 1 aromatic rings. The number of hydrogen-bond donors (Lipinski definition) is 3. The quantitative estimate of drug-likeness (QED) is 0.480. The highest BCUT2D eigenvalue weighted by molar-refractivity contribution is 7.90. The molecule has 1 heterocycles. The second-order valence-electron chi connectivity index (χ2n) is 3.13. The number of anilines is 2. The number of pyridine rings is 1. The Balaban J connectivity index is 2.51. The molecule has 0 unspecified atom stereocenters. The van der Waals surface area contributed by atoms with E-state index in [0.29, 0.717) is 12.4 Å². The lowest BCUT2D eigenvalue weighted by Crippen LogP contribution is -2.14. The molecule has 0 saturated carbocycles. The van der Waals surface area contributed by atoms with Gasteiger partial charge in [0, 0.05) is 30.8 Å². The number of nitrogens with two attached hydrogens (primary N) is 1. The molecule has 0 bridgehead atoms. The van der Waals surface area contributed by atoms with E-state index in [9.17, 15) is 8.42 Å². The molecule has 1 aromatic heterocycles. The number of nitrogens with zero attached hydrogens (tertiary/aromatic N) is 1. The van der Waals surface area contributed by atoms with Gasteiger partial charge in [-0.25, -0.2) is 19.2 Å². The van der Waals surface area contributed by atoms with Crippen LogP contribution in [0.15, 0.2) is 18.3 Å². The Kier molecular flexibility index (Phi) is 3.87. The zero-order chi connectivity index (χ0) is 11.3. The van der Waals surface area contributed by atoms with Gasteiger partial charge < -0.3 is 10.7 Å². The molecule has 0 amide bonds. The van der Waals surface area contributed by atoms with E-state index in [1.165, 1.54) is 6.26 Å². The zero-order valence-electron chi connectivity index (χ0n) is 8.40. The van der Waals surface area contributed by atoms with Gasteiger partial charge in [-0.05, 0) is 6.07 Å². The van der Waals surface area contributed by atoms with Crippen LogP contribution in [0, 0.1) is 0 Å². The van der Waals surface area contributed by atoms with Crippen LogP contribution in [0.25, 0.3) is 0 Å². The molecule has 4 N–H and O–H groups in total. The fourth-order valence-electron chi connectivity index (χ4n) is 1.00. The number of hydrogen-bond acceptors (Lipinski definition) is 6. The summed E-state index contributed by atoms with van der Waals surface area (Å²) in [6.07, 6.45) is 2.78. The Labute approximate surface area is 88.8 Å². The van der Waals surface area contributed by atoms with Crippen LogP contribution in [0.2, 0.25) is 0 Å². The minimum atomic E-state index is -2.93. The van der Waals surface area contributed by atoms with Gasteiger partial charge in [-0.3, -0.25) is 0 Å². The molecule has 7 heteroatoms. The van der Waals surface area contributed by atoms with E-state index in [1.54, 1.807) is 18.3 Å². The monoisotopic (exact) mass is 230 g/mol. The van der Waals surface area contributed by atoms with Gasteiger partial charge in [-0.1, -0.05) is 0 Å². The van der Waals surface area contributed by atoms with Gasteiger partial charge in [0.15, 0.2) is 0 Å². The van der Waals surface area contributed by atoms with Crippen molar-refractivity contribution in [3.63, 3.8) is 0 Å². The van der Waals surface area contributed by atoms with Crippen LogP contribution in [-0.4, -0.2) is 32.0 Å². The number of sulfone groups is 1. The molecule has 1 rings (SSSR count). The highest BCUT2D eigenvalue weighted by Gasteiger charge is 2.01. The molecule has 0 atom stereocenters. The largest absolute Gasteiger partial charge is 0.384 e. The second-order valence-corrected chi connectivity index (χ2v) is 5.39. The molecule has 0 saturated heterocycles. The van der Waals surface area contributed by atoms with E-state index in [0.717, 1.165) is 5.69 Å². The molecule has 84 valence electrons. The molecule has 0 aromatic carbocycles. The van der Waals surface area contributed by atoms with Crippen molar-refractivity contribution in [3.05, 3.63) is 18.3 Å². The standard InChI is InChI=1S/C8H14N4O2S/c1-15(13,14)5-4-10-7-2-3-11-8(6-7)12-9/h2-3,6H,4-5,9H2,1H3,(H2,10,11,12). The molecule has 6 nitrogen and oxygen atoms in total. The molecule has 0 aliphatic rings. The fraction of sp³-hybridized carbons (Fsp3) is 0.375. The maximum Gasteiger partial charge on any atom is 0.149 e. The summed E-state index contributed by atoms with van der Waals surface area (Å²) in [4.78, 5) is 3.92. The third-order valence-corrected chi connectivity index (χ3v) is 2.66. The minimum absolute atomic E-state index is 0.0979. The molecule has 15 heavy (non-hydrogen) atoms. The van der Waals surface area contributed by atoms with Gasteiger partial charge in [0.1, 0.15) is 15.7 Å². The predicted octanol–water partition coefficient (Wildman–Crippen LogP) is -0.176. The van der Waals surface area contributed by atoms with E-state index in [2.05, 4.69) is 15.7 Å². The predicted molar refractivity (Wildman–Crippen MR) is 60.2 cm³/mol. The highest BCUT2D eigenvalue weighted by atomic mass is 32.2. The van der Waals surface area contributed by atoms with Crippen LogP contribution in [-0.2, 0) is 9.84 Å². The van der Waals surface area contributed by atoms with Crippen molar-refractivity contribution in [2.24, 2.45) is 5.84 Å². The summed E-state index contributed by atoms with van der Waals surface area (Å²) in [7, 11) is -2.93. The van der Waals surface area contributed by atoms with Gasteiger partial charge in [0.2, 0.25) is 0 Å². The number of nitrogen functional groups attached to an aromatic ring is 1. The van der Waals surface area contributed by atoms with Crippen molar-refractivity contribution >= 4 is 21.3 Å². The van der Waals surface area contributed by atoms with E-state index in [-0.39, 0.29) is 5.75 Å². The zero-order valence-corrected chi connectivity index (χ0v) is 9.21. The molecule has 0 spiro atoms. The lowest BCUT2D eigenvalue weighted by atomic mass is 10.4. The number of aromatic nitrogens is 1. The molecule has 0 aliphatic carbocycles. The first-order valence-electron chi connectivity index (χ1n) is 4.35. The van der Waals surface area contributed by atoms with Crippen LogP contribution in [0.1, 0.15) is 0 Å². The van der Waals surface area contributed by atoms with Crippen LogP contribution in [0.4, 0.5) is 11.5 Å². The van der Waals surface area contributed by atoms with Crippen molar-refractivity contribution < 1.29 is 8.42 Å². The van der Waals surface area contributed by atoms with Gasteiger partial charge >= 0.3 is 0 Å². The van der Waals surface area contributed by atoms with Crippen LogP contribution >= 0.6 is 0 Å². The Hall–Kier alpha value is -1.34. The van der Waals surface area contributed by atoms with Crippen molar-refractivity contribution in [1.82, 2.24) is 4.98 Å². The first-order chi connectivity index (χ1) is 7.01. The normalized spacial score (nSPS) is 11.1. The summed E-state index contributed by atoms with van der Waals surface area (Å²) in [6.45, 7) is 0.368. The highest BCUT2D eigenvalue weighted by Crippen LogP contribution is 2.10. The number of nitrogens with one attached hydrogen (secondary N) is 2. The Morgan fingerprint density at radius 3 is 2.87 bits per heavy atom. The smallest absolute Gasteiger partial charge is 0.149 e. The molecule has 0 fully saturated rings. The third kappa shape index (κ3) is 4.61. The Morgan fingerprint density at radius 1 is 1.53 bits per heavy atom. The van der Waals surface area contributed by atoms with Crippen molar-refractivity contribution in [3.8, 4) is 0 Å². The number of hydrazine groups is 1. The molecular weight excluding hydrogens is 216 g/mol. The summed E-state index contributed by atoms with van der Waals surface area (Å²) in [6, 6.07) is 3.44. The Bertz CT molecular complexity index is 418. The average Bonchev–Trinajstić information content (AvgIpc) is 2.16. The summed E-state index contributed by atoms with van der Waals surface area (Å²) in [5.74, 6) is 5.81. The molecule has 0 radical (unpaired) electrons. The third-order valence-electron chi connectivity index (χ3n) is 1.71. The second kappa shape index (κ2) is 4.94. The summed E-state index contributed by atoms with van der Waals surface area (Å²) >= 11 is 0. The maximum absolute atomic E-state index is 10.9. The van der Waals surface area contributed by atoms with Gasteiger partial charge in [0.25, 0.3) is 0 Å². The summed E-state index contributed by atoms with van der Waals surface area (Å²) < 4.78 is 21.7. The van der Waals surface area contributed by atoms with Crippen molar-refractivity contribution in [2.75, 3.05) is 29.3 Å². The van der Waals surface area contributed by atoms with Gasteiger partial charge in [0.05, 0.1) is 5.75 Å². The average molecular weight is 230 g/mol. The molecule has 0 aliphatic heterocycles. The maximum atomic E-state index is 10.9. The number of rotatable bonds is 5. The van der Waals surface area contributed by atoms with E-state index >= 15 is 0 Å². The first-order valence-corrected chi connectivity index (χ1v) is 6.41. The van der Waals surface area contributed by atoms with Crippen molar-refractivity contribution in [1.29, 1.82) is 0 Å². The topological polar surface area (TPSA) is 97.1 Å². The minimum Gasteiger partial charge on any atom is -0.384 e. The van der Waals surface area contributed by atoms with E-state index < -0.39 is 9.84 Å². The van der Waals surface area contributed by atoms with Crippen LogP contribution < -0.4 is 16.6 Å². The lowest BCUT2D eigenvalue weighted by Gasteiger charge is -2.06. The molecular formula is C8H14N4O2S. The van der Waals surface area contributed by atoms with Gasteiger partial charge in [-0.15, -0.1) is 0 Å². The SMILES string of the molecule is CS(=O)(=O)CCNc1ccnc(NN)c1. The van der Waals surface area contributed by atoms with Gasteiger partial charge in [-0.2, -0.15) is 0 Å². The first kappa shape index (κ1) is 11.7. The van der Waals surface area contributed by atoms with Crippen molar-refractivity contribution in [2.45, 2.75) is 0 Å². The van der Waals surface area contributed by atoms with Crippen LogP contribution in [0.5, 0.6) is 0 Å². The Morgan fingerprint density at radius 2 is 2.27 bits per heavy atom. The summed E-state index contributed by atoms with van der Waals surface area (Å²) in [5.41, 5.74) is 3.18. The van der Waals surface area contributed by atoms with Crippen LogP contribution in [0.3, 0.4) is 0 Å². The summed E-state index contributed by atoms with van der Waals surface area (Å²) in [5, 5.41) is 2.96. The van der Waals surface area contributed by atoms with E-state index in [4.69, 9.17) is 5.84 Å².